The van der Waals surface area contributed by atoms with Crippen LogP contribution in [0.15, 0.2) is 83.0 Å². The van der Waals surface area contributed by atoms with Gasteiger partial charge in [0.2, 0.25) is 0 Å². The molecule has 0 saturated carbocycles. The zero-order valence-corrected chi connectivity index (χ0v) is 20.2. The minimum Gasteiger partial charge on any atom is -0.494 e. The highest BCUT2D eigenvalue weighted by atomic mass is 16.5. The van der Waals surface area contributed by atoms with Crippen LogP contribution in [-0.4, -0.2) is 13.2 Å². The van der Waals surface area contributed by atoms with E-state index >= 15 is 0 Å². The van der Waals surface area contributed by atoms with Crippen molar-refractivity contribution in [3.05, 3.63) is 78.4 Å². The SMILES string of the molecule is N#Cc1ccc(N=Nc2ccc(OCCCCCCCCCCOc3ccc(N)cc3)cc2)cc1. The van der Waals surface area contributed by atoms with E-state index in [4.69, 9.17) is 20.5 Å². The first-order chi connectivity index (χ1) is 17.2. The number of hydrogen-bond donors (Lipinski definition) is 1. The molecule has 0 unspecified atom stereocenters. The number of nitrogen functional groups attached to an aromatic ring is 1. The minimum absolute atomic E-state index is 0.609. The molecule has 0 aliphatic carbocycles. The topological polar surface area (TPSA) is 93.0 Å². The van der Waals surface area contributed by atoms with E-state index in [1.807, 2.05) is 48.5 Å². The zero-order valence-electron chi connectivity index (χ0n) is 20.2. The molecule has 0 atom stereocenters. The summed E-state index contributed by atoms with van der Waals surface area (Å²) in [6.07, 6.45) is 9.62. The number of nitriles is 1. The van der Waals surface area contributed by atoms with E-state index in [0.717, 1.165) is 48.9 Å². The lowest BCUT2D eigenvalue weighted by atomic mass is 10.1. The Morgan fingerprint density at radius 2 is 0.971 bits per heavy atom. The molecule has 35 heavy (non-hydrogen) atoms. The van der Waals surface area contributed by atoms with Gasteiger partial charge in [0.1, 0.15) is 11.5 Å². The summed E-state index contributed by atoms with van der Waals surface area (Å²) in [5.74, 6) is 1.74. The smallest absolute Gasteiger partial charge is 0.119 e. The summed E-state index contributed by atoms with van der Waals surface area (Å²) < 4.78 is 11.6. The molecule has 3 aromatic rings. The van der Waals surface area contributed by atoms with Crippen LogP contribution in [0, 0.1) is 11.3 Å². The minimum atomic E-state index is 0.609. The Kier molecular flexibility index (Phi) is 11.1. The third-order valence-corrected chi connectivity index (χ3v) is 5.57. The molecule has 0 aromatic heterocycles. The quantitative estimate of drug-likeness (QED) is 0.138. The molecule has 0 saturated heterocycles. The van der Waals surface area contributed by atoms with E-state index < -0.39 is 0 Å². The van der Waals surface area contributed by atoms with E-state index in [9.17, 15) is 0 Å². The van der Waals surface area contributed by atoms with Gasteiger partial charge >= 0.3 is 0 Å². The monoisotopic (exact) mass is 470 g/mol. The fourth-order valence-electron chi connectivity index (χ4n) is 3.54. The van der Waals surface area contributed by atoms with Gasteiger partial charge in [-0.05, 0) is 85.6 Å². The third-order valence-electron chi connectivity index (χ3n) is 5.57. The number of benzene rings is 3. The molecule has 0 aliphatic rings. The Morgan fingerprint density at radius 3 is 1.43 bits per heavy atom. The van der Waals surface area contributed by atoms with E-state index in [1.54, 1.807) is 24.3 Å². The first kappa shape index (κ1) is 25.8. The Morgan fingerprint density at radius 1 is 0.571 bits per heavy atom. The number of azo groups is 1. The second-order valence-corrected chi connectivity index (χ2v) is 8.45. The van der Waals surface area contributed by atoms with Gasteiger partial charge in [0, 0.05) is 5.69 Å². The fourth-order valence-corrected chi connectivity index (χ4v) is 3.54. The van der Waals surface area contributed by atoms with Crippen molar-refractivity contribution in [1.82, 2.24) is 0 Å². The molecule has 3 rings (SSSR count). The standard InChI is InChI=1S/C29H34N4O2/c30-23-24-9-13-26(14-10-24)32-33-27-15-19-29(20-16-27)35-22-8-6-4-2-1-3-5-7-21-34-28-17-11-25(31)12-18-28/h9-20H,1-8,21-22,31H2. The first-order valence-electron chi connectivity index (χ1n) is 12.4. The summed E-state index contributed by atoms with van der Waals surface area (Å²) in [6.45, 7) is 1.50. The van der Waals surface area contributed by atoms with Gasteiger partial charge in [0.15, 0.2) is 0 Å². The molecule has 0 amide bonds. The van der Waals surface area contributed by atoms with Crippen molar-refractivity contribution < 1.29 is 9.47 Å². The maximum absolute atomic E-state index is 8.83. The number of rotatable bonds is 15. The van der Waals surface area contributed by atoms with Gasteiger partial charge in [-0.1, -0.05) is 38.5 Å². The lowest BCUT2D eigenvalue weighted by Gasteiger charge is -2.07. The highest BCUT2D eigenvalue weighted by Crippen LogP contribution is 2.22. The lowest BCUT2D eigenvalue weighted by molar-refractivity contribution is 0.301. The van der Waals surface area contributed by atoms with Crippen LogP contribution in [0.2, 0.25) is 0 Å². The van der Waals surface area contributed by atoms with Crippen LogP contribution in [-0.2, 0) is 0 Å². The molecule has 182 valence electrons. The highest BCUT2D eigenvalue weighted by molar-refractivity contribution is 5.45. The van der Waals surface area contributed by atoms with Crippen LogP contribution in [0.3, 0.4) is 0 Å². The molecule has 6 nitrogen and oxygen atoms in total. The number of hydrogen-bond acceptors (Lipinski definition) is 6. The molecule has 0 aliphatic heterocycles. The molecule has 0 spiro atoms. The molecule has 3 aromatic carbocycles. The van der Waals surface area contributed by atoms with Crippen LogP contribution in [0.5, 0.6) is 11.5 Å². The van der Waals surface area contributed by atoms with Gasteiger partial charge in [-0.3, -0.25) is 0 Å². The predicted molar refractivity (Wildman–Crippen MR) is 141 cm³/mol. The Balaban J connectivity index is 1.17. The van der Waals surface area contributed by atoms with Crippen LogP contribution in [0.4, 0.5) is 17.1 Å². The number of nitrogens with two attached hydrogens (primary N) is 1. The molecule has 0 bridgehead atoms. The van der Waals surface area contributed by atoms with Crippen LogP contribution < -0.4 is 15.2 Å². The molecule has 0 fully saturated rings. The van der Waals surface area contributed by atoms with Crippen molar-refractivity contribution in [3.63, 3.8) is 0 Å². The van der Waals surface area contributed by atoms with Crippen LogP contribution >= 0.6 is 0 Å². The number of anilines is 1. The average Bonchev–Trinajstić information content (AvgIpc) is 2.90. The Hall–Kier alpha value is -3.85. The van der Waals surface area contributed by atoms with Crippen molar-refractivity contribution in [2.45, 2.75) is 51.4 Å². The number of unbranched alkanes of at least 4 members (excludes halogenated alkanes) is 7. The maximum Gasteiger partial charge on any atom is 0.119 e. The Bertz CT molecular complexity index is 1060. The highest BCUT2D eigenvalue weighted by Gasteiger charge is 1.98. The van der Waals surface area contributed by atoms with Crippen LogP contribution in [0.1, 0.15) is 56.9 Å². The second kappa shape index (κ2) is 15.1. The molecule has 6 heteroatoms. The van der Waals surface area contributed by atoms with Crippen LogP contribution in [0.25, 0.3) is 0 Å². The summed E-state index contributed by atoms with van der Waals surface area (Å²) in [6, 6.07) is 24.3. The Labute approximate surface area is 208 Å². The summed E-state index contributed by atoms with van der Waals surface area (Å²) >= 11 is 0. The predicted octanol–water partition coefficient (Wildman–Crippen LogP) is 8.13. The summed E-state index contributed by atoms with van der Waals surface area (Å²) in [7, 11) is 0. The summed E-state index contributed by atoms with van der Waals surface area (Å²) in [5.41, 5.74) is 8.53. The summed E-state index contributed by atoms with van der Waals surface area (Å²) in [4.78, 5) is 0. The van der Waals surface area contributed by atoms with Crippen molar-refractivity contribution in [2.24, 2.45) is 10.2 Å². The van der Waals surface area contributed by atoms with E-state index in [2.05, 4.69) is 16.3 Å². The molecular formula is C29H34N4O2. The number of ether oxygens (including phenoxy) is 2. The van der Waals surface area contributed by atoms with Gasteiger partial charge in [-0.15, -0.1) is 0 Å². The lowest BCUT2D eigenvalue weighted by Crippen LogP contribution is -1.98. The van der Waals surface area contributed by atoms with Crippen molar-refractivity contribution in [3.8, 4) is 17.6 Å². The number of nitrogens with zero attached hydrogens (tertiary/aromatic N) is 3. The third kappa shape index (κ3) is 10.3. The normalized spacial score (nSPS) is 10.8. The van der Waals surface area contributed by atoms with Gasteiger partial charge in [-0.25, -0.2) is 0 Å². The van der Waals surface area contributed by atoms with Gasteiger partial charge in [-0.2, -0.15) is 15.5 Å². The van der Waals surface area contributed by atoms with E-state index in [1.165, 1.54) is 38.5 Å². The van der Waals surface area contributed by atoms with Crippen molar-refractivity contribution in [1.29, 1.82) is 5.26 Å². The van der Waals surface area contributed by atoms with Gasteiger partial charge in [0.25, 0.3) is 0 Å². The van der Waals surface area contributed by atoms with Gasteiger partial charge in [0.05, 0.1) is 36.2 Å². The van der Waals surface area contributed by atoms with E-state index in [-0.39, 0.29) is 0 Å². The maximum atomic E-state index is 8.83. The largest absolute Gasteiger partial charge is 0.494 e. The van der Waals surface area contributed by atoms with Crippen molar-refractivity contribution >= 4 is 17.1 Å². The zero-order chi connectivity index (χ0) is 24.6. The fraction of sp³-hybridized carbons (Fsp3) is 0.345. The molecular weight excluding hydrogens is 436 g/mol. The average molecular weight is 471 g/mol. The van der Waals surface area contributed by atoms with E-state index in [0.29, 0.717) is 11.3 Å². The molecule has 2 N–H and O–H groups in total. The van der Waals surface area contributed by atoms with Crippen molar-refractivity contribution in [2.75, 3.05) is 18.9 Å². The molecule has 0 radical (unpaired) electrons. The second-order valence-electron chi connectivity index (χ2n) is 8.45. The molecule has 0 heterocycles. The van der Waals surface area contributed by atoms with Gasteiger partial charge < -0.3 is 15.2 Å². The summed E-state index contributed by atoms with van der Waals surface area (Å²) in [5, 5.41) is 17.3. The first-order valence-corrected chi connectivity index (χ1v) is 12.4.